The van der Waals surface area contributed by atoms with E-state index in [-0.39, 0.29) is 5.91 Å². The van der Waals surface area contributed by atoms with Crippen LogP contribution in [0, 0.1) is 6.92 Å². The van der Waals surface area contributed by atoms with E-state index in [1.807, 2.05) is 6.92 Å². The van der Waals surface area contributed by atoms with Crippen LogP contribution in [0.4, 0.5) is 11.5 Å². The molecule has 1 aromatic heterocycles. The number of nitrogens with one attached hydrogen (secondary N) is 2. The number of amides is 1. The molecule has 0 aliphatic rings. The molecule has 0 unspecified atom stereocenters. The zero-order valence-corrected chi connectivity index (χ0v) is 9.84. The maximum atomic E-state index is 12.0. The van der Waals surface area contributed by atoms with Crippen LogP contribution < -0.4 is 16.6 Å². The van der Waals surface area contributed by atoms with Crippen LogP contribution in [0.25, 0.3) is 0 Å². The van der Waals surface area contributed by atoms with E-state index in [0.29, 0.717) is 11.4 Å². The van der Waals surface area contributed by atoms with Crippen molar-refractivity contribution in [1.82, 2.24) is 10.2 Å². The number of hydrogen-bond donors (Lipinski definition) is 3. The van der Waals surface area contributed by atoms with Crippen LogP contribution in [0.2, 0.25) is 0 Å². The highest BCUT2D eigenvalue weighted by Gasteiger charge is 2.10. The summed E-state index contributed by atoms with van der Waals surface area (Å²) >= 11 is 0. The molecule has 6 nitrogen and oxygen atoms in total. The Labute approximate surface area is 104 Å². The van der Waals surface area contributed by atoms with Gasteiger partial charge in [0, 0.05) is 17.4 Å². The van der Waals surface area contributed by atoms with Gasteiger partial charge < -0.3 is 10.7 Å². The fourth-order valence-corrected chi connectivity index (χ4v) is 1.56. The molecule has 92 valence electrons. The van der Waals surface area contributed by atoms with Gasteiger partial charge in [0.15, 0.2) is 5.82 Å². The van der Waals surface area contributed by atoms with Crippen molar-refractivity contribution in [2.45, 2.75) is 6.92 Å². The van der Waals surface area contributed by atoms with Crippen LogP contribution in [0.15, 0.2) is 36.5 Å². The lowest BCUT2D eigenvalue weighted by atomic mass is 10.1. The minimum absolute atomic E-state index is 0.225. The average Bonchev–Trinajstić information content (AvgIpc) is 2.39. The van der Waals surface area contributed by atoms with Crippen LogP contribution >= 0.6 is 0 Å². The molecule has 2 rings (SSSR count). The number of aryl methyl sites for hydroxylation is 1. The van der Waals surface area contributed by atoms with Crippen LogP contribution in [0.1, 0.15) is 15.9 Å². The predicted molar refractivity (Wildman–Crippen MR) is 69.0 cm³/mol. The van der Waals surface area contributed by atoms with E-state index in [2.05, 4.69) is 20.9 Å². The highest BCUT2D eigenvalue weighted by atomic mass is 16.1. The highest BCUT2D eigenvalue weighted by Crippen LogP contribution is 2.15. The number of anilines is 2. The van der Waals surface area contributed by atoms with E-state index in [1.54, 1.807) is 36.5 Å². The molecule has 0 aliphatic carbocycles. The van der Waals surface area contributed by atoms with E-state index in [0.717, 1.165) is 11.3 Å². The first-order valence-electron chi connectivity index (χ1n) is 5.37. The van der Waals surface area contributed by atoms with Gasteiger partial charge >= 0.3 is 0 Å². The van der Waals surface area contributed by atoms with Crippen molar-refractivity contribution >= 4 is 17.4 Å². The number of hydrazine groups is 1. The first-order chi connectivity index (χ1) is 8.70. The largest absolute Gasteiger partial charge is 0.324 e. The third kappa shape index (κ3) is 2.61. The average molecular weight is 243 g/mol. The second kappa shape index (κ2) is 5.24. The van der Waals surface area contributed by atoms with Gasteiger partial charge in [0.2, 0.25) is 0 Å². The number of nitrogens with two attached hydrogens (primary N) is 1. The number of carbonyl (C=O) groups excluding carboxylic acids is 1. The quantitative estimate of drug-likeness (QED) is 0.558. The summed E-state index contributed by atoms with van der Waals surface area (Å²) in [6.45, 7) is 1.84. The molecule has 1 heterocycles. The van der Waals surface area contributed by atoms with Crippen molar-refractivity contribution in [3.8, 4) is 0 Å². The molecule has 0 saturated carbocycles. The van der Waals surface area contributed by atoms with Crippen molar-refractivity contribution in [2.75, 3.05) is 10.7 Å². The van der Waals surface area contributed by atoms with Gasteiger partial charge in [-0.3, -0.25) is 10.6 Å². The molecular formula is C12H13N5O. The molecule has 0 radical (unpaired) electrons. The summed E-state index contributed by atoms with van der Waals surface area (Å²) in [5.41, 5.74) is 4.68. The van der Waals surface area contributed by atoms with Gasteiger partial charge in [0.1, 0.15) is 0 Å². The number of hydrogen-bond acceptors (Lipinski definition) is 5. The van der Waals surface area contributed by atoms with Crippen LogP contribution in [0.3, 0.4) is 0 Å². The topological polar surface area (TPSA) is 92.9 Å². The monoisotopic (exact) mass is 243 g/mol. The highest BCUT2D eigenvalue weighted by molar-refractivity contribution is 6.04. The lowest BCUT2D eigenvalue weighted by Crippen LogP contribution is -2.15. The molecular weight excluding hydrogens is 230 g/mol. The summed E-state index contributed by atoms with van der Waals surface area (Å²) in [6, 6.07) is 8.62. The number of nitrogens with zero attached hydrogens (tertiary/aromatic N) is 2. The van der Waals surface area contributed by atoms with Gasteiger partial charge in [0.25, 0.3) is 5.91 Å². The van der Waals surface area contributed by atoms with Gasteiger partial charge in [-0.15, -0.1) is 5.10 Å². The summed E-state index contributed by atoms with van der Waals surface area (Å²) < 4.78 is 0. The van der Waals surface area contributed by atoms with Crippen molar-refractivity contribution in [3.63, 3.8) is 0 Å². The van der Waals surface area contributed by atoms with Gasteiger partial charge in [-0.25, -0.2) is 0 Å². The Morgan fingerprint density at radius 3 is 2.78 bits per heavy atom. The molecule has 2 aromatic rings. The predicted octanol–water partition coefficient (Wildman–Crippen LogP) is 1.32. The molecule has 0 spiro atoms. The Morgan fingerprint density at radius 1 is 1.33 bits per heavy atom. The lowest BCUT2D eigenvalue weighted by Gasteiger charge is -2.08. The van der Waals surface area contributed by atoms with Crippen molar-refractivity contribution in [2.24, 2.45) is 5.84 Å². The molecule has 1 aromatic carbocycles. The zero-order chi connectivity index (χ0) is 13.0. The molecule has 4 N–H and O–H groups in total. The van der Waals surface area contributed by atoms with Crippen molar-refractivity contribution in [3.05, 3.63) is 47.7 Å². The number of nitrogen functional groups attached to an aromatic ring is 1. The Bertz CT molecular complexity index is 556. The Hall–Kier alpha value is -2.47. The smallest absolute Gasteiger partial charge is 0.257 e. The van der Waals surface area contributed by atoms with Crippen LogP contribution in [0.5, 0.6) is 0 Å². The number of aromatic nitrogens is 2. The Balaban J connectivity index is 2.19. The fourth-order valence-electron chi connectivity index (χ4n) is 1.56. The lowest BCUT2D eigenvalue weighted by molar-refractivity contribution is 0.102. The number of carbonyl (C=O) groups is 1. The number of benzene rings is 1. The second-order valence-corrected chi connectivity index (χ2v) is 3.74. The summed E-state index contributed by atoms with van der Waals surface area (Å²) in [5.74, 6) is 5.49. The fraction of sp³-hybridized carbons (Fsp3) is 0.0833. The van der Waals surface area contributed by atoms with E-state index in [9.17, 15) is 4.79 Å². The van der Waals surface area contributed by atoms with E-state index < -0.39 is 0 Å². The Morgan fingerprint density at radius 2 is 2.17 bits per heavy atom. The first kappa shape index (κ1) is 12.0. The molecule has 0 atom stereocenters. The summed E-state index contributed by atoms with van der Waals surface area (Å²) in [5, 5.41) is 10.2. The summed E-state index contributed by atoms with van der Waals surface area (Å²) in [4.78, 5) is 12.0. The molecule has 0 bridgehead atoms. The van der Waals surface area contributed by atoms with E-state index in [4.69, 9.17) is 5.84 Å². The van der Waals surface area contributed by atoms with Gasteiger partial charge in [0.05, 0.1) is 0 Å². The first-order valence-corrected chi connectivity index (χ1v) is 5.37. The van der Waals surface area contributed by atoms with Crippen LogP contribution in [-0.2, 0) is 0 Å². The molecule has 0 aliphatic heterocycles. The van der Waals surface area contributed by atoms with Gasteiger partial charge in [-0.05, 0) is 42.8 Å². The molecule has 6 heteroatoms. The summed E-state index contributed by atoms with van der Waals surface area (Å²) in [7, 11) is 0. The van der Waals surface area contributed by atoms with Crippen molar-refractivity contribution < 1.29 is 4.79 Å². The molecule has 18 heavy (non-hydrogen) atoms. The minimum Gasteiger partial charge on any atom is -0.324 e. The molecule has 0 saturated heterocycles. The maximum absolute atomic E-state index is 12.0. The van der Waals surface area contributed by atoms with Crippen molar-refractivity contribution in [1.29, 1.82) is 0 Å². The zero-order valence-electron chi connectivity index (χ0n) is 9.84. The Kier molecular flexibility index (Phi) is 3.49. The third-order valence-electron chi connectivity index (χ3n) is 2.45. The maximum Gasteiger partial charge on any atom is 0.257 e. The van der Waals surface area contributed by atoms with E-state index >= 15 is 0 Å². The van der Waals surface area contributed by atoms with Crippen LogP contribution in [-0.4, -0.2) is 16.1 Å². The normalized spacial score (nSPS) is 9.89. The number of rotatable bonds is 3. The molecule has 1 amide bonds. The summed E-state index contributed by atoms with van der Waals surface area (Å²) in [6.07, 6.45) is 1.54. The SMILES string of the molecule is Cc1cc(NN)ccc1C(=O)Nc1cccnn1. The minimum atomic E-state index is -0.225. The standard InChI is InChI=1S/C12H13N5O/c1-8-7-9(16-13)4-5-10(8)12(18)15-11-3-2-6-14-17-11/h2-7,16H,13H2,1H3,(H,15,17,18). The second-order valence-electron chi connectivity index (χ2n) is 3.74. The molecule has 0 fully saturated rings. The van der Waals surface area contributed by atoms with Gasteiger partial charge in [-0.1, -0.05) is 0 Å². The van der Waals surface area contributed by atoms with E-state index in [1.165, 1.54) is 0 Å². The van der Waals surface area contributed by atoms with Gasteiger partial charge in [-0.2, -0.15) is 5.10 Å². The third-order valence-corrected chi connectivity index (χ3v) is 2.45.